The van der Waals surface area contributed by atoms with Crippen LogP contribution in [-0.4, -0.2) is 46.4 Å². The highest BCUT2D eigenvalue weighted by Crippen LogP contribution is 2.31. The number of fused-ring (bicyclic) bond motifs is 1. The van der Waals surface area contributed by atoms with Gasteiger partial charge in [-0.1, -0.05) is 43.3 Å². The maximum absolute atomic E-state index is 14.1. The van der Waals surface area contributed by atoms with E-state index >= 15 is 0 Å². The molecule has 0 unspecified atom stereocenters. The van der Waals surface area contributed by atoms with Crippen molar-refractivity contribution in [1.29, 1.82) is 0 Å². The summed E-state index contributed by atoms with van der Waals surface area (Å²) in [5, 5.41) is 14.1. The summed E-state index contributed by atoms with van der Waals surface area (Å²) in [5.41, 5.74) is 3.01. The number of carbonyl (C=O) groups is 3. The third-order valence-corrected chi connectivity index (χ3v) is 6.38. The van der Waals surface area contributed by atoms with E-state index in [4.69, 9.17) is 4.74 Å². The van der Waals surface area contributed by atoms with E-state index in [2.05, 4.69) is 34.8 Å². The highest BCUT2D eigenvalue weighted by atomic mass is 16.5. The van der Waals surface area contributed by atoms with Gasteiger partial charge in [-0.3, -0.25) is 19.3 Å². The fraction of sp³-hybridized carbons (Fsp3) is 0.300. The zero-order chi connectivity index (χ0) is 28.6. The molecule has 10 nitrogen and oxygen atoms in total. The van der Waals surface area contributed by atoms with Crippen LogP contribution >= 0.6 is 0 Å². The zero-order valence-corrected chi connectivity index (χ0v) is 23.1. The molecule has 1 atom stereocenters. The molecule has 2 N–H and O–H groups in total. The van der Waals surface area contributed by atoms with E-state index in [0.717, 1.165) is 6.42 Å². The second-order valence-electron chi connectivity index (χ2n) is 9.88. The van der Waals surface area contributed by atoms with E-state index in [0.29, 0.717) is 46.2 Å². The maximum atomic E-state index is 14.1. The Balaban J connectivity index is 1.78. The van der Waals surface area contributed by atoms with Crippen LogP contribution < -0.4 is 20.3 Å². The molecule has 40 heavy (non-hydrogen) atoms. The first-order valence-corrected chi connectivity index (χ1v) is 13.2. The van der Waals surface area contributed by atoms with Gasteiger partial charge in [0.05, 0.1) is 12.6 Å². The van der Waals surface area contributed by atoms with Crippen LogP contribution in [0.1, 0.15) is 38.8 Å². The van der Waals surface area contributed by atoms with Crippen molar-refractivity contribution in [3.05, 3.63) is 78.4 Å². The minimum Gasteiger partial charge on any atom is -0.497 e. The van der Waals surface area contributed by atoms with Crippen LogP contribution in [0, 0.1) is 5.92 Å². The Labute approximate surface area is 233 Å². The van der Waals surface area contributed by atoms with Crippen molar-refractivity contribution >= 4 is 40.1 Å². The van der Waals surface area contributed by atoms with Crippen molar-refractivity contribution in [2.24, 2.45) is 5.92 Å². The van der Waals surface area contributed by atoms with Gasteiger partial charge in [0, 0.05) is 24.8 Å². The number of rotatable bonds is 11. The highest BCUT2D eigenvalue weighted by Gasteiger charge is 2.33. The Morgan fingerprint density at radius 3 is 2.45 bits per heavy atom. The van der Waals surface area contributed by atoms with Crippen molar-refractivity contribution in [3.63, 3.8) is 0 Å². The van der Waals surface area contributed by atoms with Crippen LogP contribution in [0.3, 0.4) is 0 Å². The Kier molecular flexibility index (Phi) is 9.11. The van der Waals surface area contributed by atoms with Gasteiger partial charge in [0.2, 0.25) is 17.7 Å². The van der Waals surface area contributed by atoms with Crippen LogP contribution in [0.25, 0.3) is 11.0 Å². The molecule has 3 amide bonds. The molecular formula is C30H34N6O4. The number of hydrogen-bond acceptors (Lipinski definition) is 6. The van der Waals surface area contributed by atoms with Crippen molar-refractivity contribution in [3.8, 4) is 5.75 Å². The molecule has 4 aromatic rings. The number of anilines is 2. The average molecular weight is 543 g/mol. The van der Waals surface area contributed by atoms with Gasteiger partial charge in [0.1, 0.15) is 23.9 Å². The summed E-state index contributed by atoms with van der Waals surface area (Å²) in [6.45, 7) is 5.91. The fourth-order valence-electron chi connectivity index (χ4n) is 4.39. The number of methoxy groups -OCH3 is 1. The second-order valence-corrected chi connectivity index (χ2v) is 9.88. The first kappa shape index (κ1) is 28.3. The summed E-state index contributed by atoms with van der Waals surface area (Å²) in [7, 11) is 1.55. The Morgan fingerprint density at radius 1 is 1.00 bits per heavy atom. The summed E-state index contributed by atoms with van der Waals surface area (Å²) >= 11 is 0. The van der Waals surface area contributed by atoms with Crippen LogP contribution in [0.5, 0.6) is 5.75 Å². The lowest BCUT2D eigenvalue weighted by Gasteiger charge is -2.32. The van der Waals surface area contributed by atoms with E-state index in [-0.39, 0.29) is 24.3 Å². The third kappa shape index (κ3) is 6.82. The van der Waals surface area contributed by atoms with Gasteiger partial charge in [-0.2, -0.15) is 0 Å². The molecule has 0 saturated heterocycles. The lowest BCUT2D eigenvalue weighted by atomic mass is 10.0. The topological polar surface area (TPSA) is 118 Å². The number of nitrogens with one attached hydrogen (secondary N) is 2. The predicted molar refractivity (Wildman–Crippen MR) is 154 cm³/mol. The third-order valence-electron chi connectivity index (χ3n) is 6.38. The Bertz CT molecular complexity index is 1480. The molecule has 0 saturated carbocycles. The SMILES string of the molecule is COc1cccc([C@@H](C(=O)NCCC(C)C)N(C(=O)Cn2nnc3ccccc32)c2ccc(NC(C)=O)cc2)c1. The number of benzene rings is 3. The number of carbonyl (C=O) groups excluding carboxylic acids is 3. The lowest BCUT2D eigenvalue weighted by Crippen LogP contribution is -2.45. The van der Waals surface area contributed by atoms with Crippen molar-refractivity contribution in [1.82, 2.24) is 20.3 Å². The zero-order valence-electron chi connectivity index (χ0n) is 23.1. The Hall–Kier alpha value is -4.73. The summed E-state index contributed by atoms with van der Waals surface area (Å²) < 4.78 is 6.96. The van der Waals surface area contributed by atoms with Crippen LogP contribution in [0.2, 0.25) is 0 Å². The van der Waals surface area contributed by atoms with E-state index in [1.54, 1.807) is 55.6 Å². The molecule has 0 radical (unpaired) electrons. The van der Waals surface area contributed by atoms with Crippen LogP contribution in [0.4, 0.5) is 11.4 Å². The van der Waals surface area contributed by atoms with Gasteiger partial charge in [0.15, 0.2) is 0 Å². The van der Waals surface area contributed by atoms with Crippen LogP contribution in [-0.2, 0) is 20.9 Å². The molecule has 1 heterocycles. The molecule has 0 spiro atoms. The minimum absolute atomic E-state index is 0.145. The van der Waals surface area contributed by atoms with Gasteiger partial charge in [-0.15, -0.1) is 5.10 Å². The fourth-order valence-corrected chi connectivity index (χ4v) is 4.39. The smallest absolute Gasteiger partial charge is 0.249 e. The lowest BCUT2D eigenvalue weighted by molar-refractivity contribution is -0.127. The van der Waals surface area contributed by atoms with Crippen LogP contribution in [0.15, 0.2) is 72.8 Å². The normalized spacial score (nSPS) is 11.7. The van der Waals surface area contributed by atoms with Crippen molar-refractivity contribution < 1.29 is 19.1 Å². The number of aromatic nitrogens is 3. The molecule has 0 aliphatic carbocycles. The van der Waals surface area contributed by atoms with E-state index < -0.39 is 6.04 Å². The molecular weight excluding hydrogens is 508 g/mol. The predicted octanol–water partition coefficient (Wildman–Crippen LogP) is 4.34. The summed E-state index contributed by atoms with van der Waals surface area (Å²) in [4.78, 5) is 41.0. The number of amides is 3. The van der Waals surface area contributed by atoms with Gasteiger partial charge in [0.25, 0.3) is 0 Å². The molecule has 0 fully saturated rings. The molecule has 4 rings (SSSR count). The minimum atomic E-state index is -1.00. The van der Waals surface area contributed by atoms with Crippen molar-refractivity contribution in [2.45, 2.75) is 39.8 Å². The van der Waals surface area contributed by atoms with Crippen molar-refractivity contribution in [2.75, 3.05) is 23.9 Å². The first-order chi connectivity index (χ1) is 19.3. The van der Waals surface area contributed by atoms with Gasteiger partial charge < -0.3 is 15.4 Å². The number of hydrogen-bond donors (Lipinski definition) is 2. The maximum Gasteiger partial charge on any atom is 0.249 e. The Morgan fingerprint density at radius 2 is 1.75 bits per heavy atom. The first-order valence-electron chi connectivity index (χ1n) is 13.2. The van der Waals surface area contributed by atoms with E-state index in [9.17, 15) is 14.4 Å². The average Bonchev–Trinajstić information content (AvgIpc) is 3.34. The van der Waals surface area contributed by atoms with Gasteiger partial charge in [-0.05, 0) is 66.4 Å². The second kappa shape index (κ2) is 12.9. The van der Waals surface area contributed by atoms with E-state index in [1.807, 2.05) is 24.3 Å². The molecule has 3 aromatic carbocycles. The number of ether oxygens (including phenoxy) is 1. The standard InChI is InChI=1S/C30H34N6O4/c1-20(2)16-17-31-30(39)29(22-8-7-9-25(18-22)40-4)36(24-14-12-23(13-15-24)32-21(3)37)28(38)19-35-27-11-6-5-10-26(27)33-34-35/h5-15,18,20,29H,16-17,19H2,1-4H3,(H,31,39)(H,32,37)/t29-/m0/s1. The number of para-hydroxylation sites is 1. The molecule has 0 bridgehead atoms. The van der Waals surface area contributed by atoms with E-state index in [1.165, 1.54) is 16.5 Å². The highest BCUT2D eigenvalue weighted by molar-refractivity contribution is 6.02. The monoisotopic (exact) mass is 542 g/mol. The molecule has 0 aliphatic rings. The summed E-state index contributed by atoms with van der Waals surface area (Å²) in [6, 6.07) is 20.3. The summed E-state index contributed by atoms with van der Waals surface area (Å²) in [5.74, 6) is 0.0623. The van der Waals surface area contributed by atoms with Gasteiger partial charge in [-0.25, -0.2) is 4.68 Å². The molecule has 10 heteroatoms. The van der Waals surface area contributed by atoms with Gasteiger partial charge >= 0.3 is 0 Å². The summed E-state index contributed by atoms with van der Waals surface area (Å²) in [6.07, 6.45) is 0.793. The molecule has 0 aliphatic heterocycles. The number of nitrogens with zero attached hydrogens (tertiary/aromatic N) is 4. The molecule has 208 valence electrons. The largest absolute Gasteiger partial charge is 0.497 e. The molecule has 1 aromatic heterocycles. The quantitative estimate of drug-likeness (QED) is 0.291.